The summed E-state index contributed by atoms with van der Waals surface area (Å²) in [5.41, 5.74) is 4.53. The van der Waals surface area contributed by atoms with Gasteiger partial charge in [0.15, 0.2) is 0 Å². The molecule has 1 aliphatic heterocycles. The van der Waals surface area contributed by atoms with Crippen LogP contribution >= 0.6 is 0 Å². The van der Waals surface area contributed by atoms with E-state index in [0.29, 0.717) is 30.5 Å². The van der Waals surface area contributed by atoms with Gasteiger partial charge in [0.05, 0.1) is 29.7 Å². The Morgan fingerprint density at radius 2 is 2.06 bits per heavy atom. The van der Waals surface area contributed by atoms with Gasteiger partial charge in [0.2, 0.25) is 5.95 Å². The van der Waals surface area contributed by atoms with Gasteiger partial charge in [0.1, 0.15) is 12.4 Å². The largest absolute Gasteiger partial charge is 0.370 e. The zero-order chi connectivity index (χ0) is 22.9. The Morgan fingerprint density at radius 1 is 1.18 bits per heavy atom. The summed E-state index contributed by atoms with van der Waals surface area (Å²) in [5, 5.41) is 7.34. The maximum atomic E-state index is 14.8. The molecule has 1 fully saturated rings. The van der Waals surface area contributed by atoms with Crippen LogP contribution in [0.15, 0.2) is 55.0 Å². The van der Waals surface area contributed by atoms with E-state index in [2.05, 4.69) is 34.2 Å². The number of benzene rings is 1. The average molecular weight is 446 g/mol. The number of morpholine rings is 1. The summed E-state index contributed by atoms with van der Waals surface area (Å²) in [6.45, 7) is 5.09. The Labute approximate surface area is 190 Å². The number of hydrogen-bond acceptors (Lipinski definition) is 6. The van der Waals surface area contributed by atoms with Crippen molar-refractivity contribution in [2.24, 2.45) is 0 Å². The number of fused-ring (bicyclic) bond motifs is 1. The van der Waals surface area contributed by atoms with E-state index in [1.54, 1.807) is 18.3 Å². The van der Waals surface area contributed by atoms with Crippen LogP contribution in [0.2, 0.25) is 0 Å². The van der Waals surface area contributed by atoms with E-state index >= 15 is 0 Å². The molecule has 5 rings (SSSR count). The Bertz CT molecular complexity index is 1340. The number of nitrogens with zero attached hydrogens (tertiary/aromatic N) is 5. The SMILES string of the molecule is CC(C)c1cnn2ccc(-c3ccnc(Nc4ccc(N5CCOCC5=O)cc4F)n3)cc12. The number of pyridine rings is 1. The molecule has 0 bridgehead atoms. The van der Waals surface area contributed by atoms with Gasteiger partial charge < -0.3 is 15.0 Å². The first kappa shape index (κ1) is 21.0. The lowest BCUT2D eigenvalue weighted by molar-refractivity contribution is -0.125. The number of halogens is 1. The highest BCUT2D eigenvalue weighted by Crippen LogP contribution is 2.27. The van der Waals surface area contributed by atoms with Crippen LogP contribution in [0.3, 0.4) is 0 Å². The van der Waals surface area contributed by atoms with Crippen molar-refractivity contribution in [2.75, 3.05) is 30.0 Å². The van der Waals surface area contributed by atoms with E-state index in [1.165, 1.54) is 11.0 Å². The maximum Gasteiger partial charge on any atom is 0.253 e. The predicted octanol–water partition coefficient (Wildman–Crippen LogP) is 4.16. The Kier molecular flexibility index (Phi) is 5.47. The Morgan fingerprint density at radius 3 is 2.85 bits per heavy atom. The van der Waals surface area contributed by atoms with E-state index in [0.717, 1.165) is 16.6 Å². The Balaban J connectivity index is 1.40. The summed E-state index contributed by atoms with van der Waals surface area (Å²) in [7, 11) is 0. The van der Waals surface area contributed by atoms with Gasteiger partial charge in [-0.05, 0) is 42.3 Å². The predicted molar refractivity (Wildman–Crippen MR) is 123 cm³/mol. The topological polar surface area (TPSA) is 84.6 Å². The molecule has 4 aromatic rings. The lowest BCUT2D eigenvalue weighted by atomic mass is 10.0. The van der Waals surface area contributed by atoms with E-state index in [-0.39, 0.29) is 24.1 Å². The van der Waals surface area contributed by atoms with Crippen molar-refractivity contribution in [3.05, 3.63) is 66.4 Å². The van der Waals surface area contributed by atoms with E-state index in [9.17, 15) is 9.18 Å². The van der Waals surface area contributed by atoms with Gasteiger partial charge in [-0.2, -0.15) is 5.10 Å². The van der Waals surface area contributed by atoms with Crippen LogP contribution in [0.5, 0.6) is 0 Å². The van der Waals surface area contributed by atoms with Crippen molar-refractivity contribution in [1.29, 1.82) is 0 Å². The minimum absolute atomic E-state index is 0.00595. The van der Waals surface area contributed by atoms with Crippen molar-refractivity contribution < 1.29 is 13.9 Å². The molecule has 3 aromatic heterocycles. The summed E-state index contributed by atoms with van der Waals surface area (Å²) in [6, 6.07) is 10.4. The van der Waals surface area contributed by atoms with Crippen LogP contribution < -0.4 is 10.2 Å². The second-order valence-electron chi connectivity index (χ2n) is 8.15. The van der Waals surface area contributed by atoms with Gasteiger partial charge in [0, 0.05) is 35.8 Å². The lowest BCUT2D eigenvalue weighted by Gasteiger charge is -2.27. The normalized spacial score (nSPS) is 14.3. The molecule has 168 valence electrons. The molecule has 0 spiro atoms. The second kappa shape index (κ2) is 8.59. The zero-order valence-electron chi connectivity index (χ0n) is 18.3. The molecular weight excluding hydrogens is 423 g/mol. The van der Waals surface area contributed by atoms with Crippen molar-refractivity contribution in [3.8, 4) is 11.3 Å². The summed E-state index contributed by atoms with van der Waals surface area (Å²) < 4.78 is 21.8. The minimum Gasteiger partial charge on any atom is -0.370 e. The van der Waals surface area contributed by atoms with Gasteiger partial charge in [-0.25, -0.2) is 18.9 Å². The summed E-state index contributed by atoms with van der Waals surface area (Å²) in [5.74, 6) is -0.0608. The zero-order valence-corrected chi connectivity index (χ0v) is 18.3. The highest BCUT2D eigenvalue weighted by molar-refractivity contribution is 5.95. The number of rotatable bonds is 5. The second-order valence-corrected chi connectivity index (χ2v) is 8.15. The number of hydrogen-bond donors (Lipinski definition) is 1. The molecule has 1 amide bonds. The van der Waals surface area contributed by atoms with Crippen LogP contribution in [-0.4, -0.2) is 45.2 Å². The number of amides is 1. The number of carbonyl (C=O) groups is 1. The molecule has 0 saturated carbocycles. The molecule has 1 N–H and O–H groups in total. The molecule has 1 saturated heterocycles. The number of carbonyl (C=O) groups excluding carboxylic acids is 1. The molecule has 0 aliphatic carbocycles. The van der Waals surface area contributed by atoms with Crippen molar-refractivity contribution in [2.45, 2.75) is 19.8 Å². The highest BCUT2D eigenvalue weighted by Gasteiger charge is 2.21. The molecule has 1 aliphatic rings. The van der Waals surface area contributed by atoms with Gasteiger partial charge in [-0.15, -0.1) is 0 Å². The van der Waals surface area contributed by atoms with Crippen LogP contribution in [-0.2, 0) is 9.53 Å². The molecule has 0 radical (unpaired) electrons. The molecular formula is C24H23FN6O2. The molecule has 8 nitrogen and oxygen atoms in total. The average Bonchev–Trinajstić information content (AvgIpc) is 3.25. The highest BCUT2D eigenvalue weighted by atomic mass is 19.1. The van der Waals surface area contributed by atoms with Crippen LogP contribution in [0.1, 0.15) is 25.3 Å². The van der Waals surface area contributed by atoms with Crippen LogP contribution in [0.4, 0.5) is 21.7 Å². The standard InChI is InChI=1S/C24H23FN6O2/c1-15(2)18-13-27-31-8-6-16(11-22(18)31)20-5-7-26-24(28-20)29-21-4-3-17(12-19(21)25)30-9-10-33-14-23(30)32/h3-8,11-13,15H,9-10,14H2,1-2H3,(H,26,28,29). The van der Waals surface area contributed by atoms with Gasteiger partial charge in [-0.3, -0.25) is 4.79 Å². The minimum atomic E-state index is -0.497. The molecule has 33 heavy (non-hydrogen) atoms. The molecule has 1 aromatic carbocycles. The summed E-state index contributed by atoms with van der Waals surface area (Å²) in [6.07, 6.45) is 5.41. The van der Waals surface area contributed by atoms with Crippen molar-refractivity contribution >= 4 is 28.7 Å². The molecule has 9 heteroatoms. The first-order valence-corrected chi connectivity index (χ1v) is 10.7. The van der Waals surface area contributed by atoms with Gasteiger partial charge >= 0.3 is 0 Å². The number of aromatic nitrogens is 4. The van der Waals surface area contributed by atoms with Crippen molar-refractivity contribution in [3.63, 3.8) is 0 Å². The van der Waals surface area contributed by atoms with E-state index < -0.39 is 5.82 Å². The maximum absolute atomic E-state index is 14.8. The van der Waals surface area contributed by atoms with Gasteiger partial charge in [0.25, 0.3) is 5.91 Å². The first-order chi connectivity index (χ1) is 16.0. The molecule has 4 heterocycles. The lowest BCUT2D eigenvalue weighted by Crippen LogP contribution is -2.41. The third-order valence-electron chi connectivity index (χ3n) is 5.62. The monoisotopic (exact) mass is 446 g/mol. The third-order valence-corrected chi connectivity index (χ3v) is 5.62. The number of ether oxygens (including phenoxy) is 1. The molecule has 0 atom stereocenters. The number of anilines is 3. The fourth-order valence-corrected chi connectivity index (χ4v) is 3.87. The summed E-state index contributed by atoms with van der Waals surface area (Å²) in [4.78, 5) is 22.3. The van der Waals surface area contributed by atoms with Crippen LogP contribution in [0, 0.1) is 5.82 Å². The summed E-state index contributed by atoms with van der Waals surface area (Å²) >= 11 is 0. The fourth-order valence-electron chi connectivity index (χ4n) is 3.87. The van der Waals surface area contributed by atoms with E-state index in [4.69, 9.17) is 4.74 Å². The smallest absolute Gasteiger partial charge is 0.253 e. The molecule has 0 unspecified atom stereocenters. The Hall–Kier alpha value is -3.85. The van der Waals surface area contributed by atoms with Crippen molar-refractivity contribution in [1.82, 2.24) is 19.6 Å². The third kappa shape index (κ3) is 4.14. The number of nitrogens with one attached hydrogen (secondary N) is 1. The van der Waals surface area contributed by atoms with E-state index in [1.807, 2.05) is 35.1 Å². The quantitative estimate of drug-likeness (QED) is 0.496. The van der Waals surface area contributed by atoms with Gasteiger partial charge in [-0.1, -0.05) is 13.8 Å². The fraction of sp³-hybridized carbons (Fsp3) is 0.250. The first-order valence-electron chi connectivity index (χ1n) is 10.7. The van der Waals surface area contributed by atoms with Crippen LogP contribution in [0.25, 0.3) is 16.8 Å².